The van der Waals surface area contributed by atoms with Gasteiger partial charge in [-0.05, 0) is 56.0 Å². The summed E-state index contributed by atoms with van der Waals surface area (Å²) in [5.74, 6) is 1.28. The number of hydrogen-bond acceptors (Lipinski definition) is 2. The molecule has 3 heteroatoms. The molecule has 0 atom stereocenters. The van der Waals surface area contributed by atoms with E-state index in [1.165, 1.54) is 33.1 Å². The molecule has 23 heavy (non-hydrogen) atoms. The minimum absolute atomic E-state index is 0.396. The highest BCUT2D eigenvalue weighted by molar-refractivity contribution is 7.98. The number of nitrogens with zero attached hydrogens (tertiary/aromatic N) is 2. The van der Waals surface area contributed by atoms with Gasteiger partial charge in [0.1, 0.15) is 5.82 Å². The van der Waals surface area contributed by atoms with Gasteiger partial charge in [0.2, 0.25) is 0 Å². The second-order valence-corrected chi connectivity index (χ2v) is 7.24. The summed E-state index contributed by atoms with van der Waals surface area (Å²) in [6.07, 6.45) is 2.26. The topological polar surface area (TPSA) is 8.17 Å². The zero-order chi connectivity index (χ0) is 16.0. The van der Waals surface area contributed by atoms with Crippen LogP contribution in [0.3, 0.4) is 0 Å². The maximum atomic E-state index is 2.46. The Balaban J connectivity index is 1.98. The molecule has 116 valence electrons. The van der Waals surface area contributed by atoms with Crippen LogP contribution in [0.5, 0.6) is 0 Å². The van der Waals surface area contributed by atoms with Gasteiger partial charge in [0.15, 0.2) is 0 Å². The van der Waals surface area contributed by atoms with Crippen molar-refractivity contribution in [2.24, 2.45) is 0 Å². The fraction of sp³-hybridized carbons (Fsp3) is 0.200. The van der Waals surface area contributed by atoms with E-state index in [0.717, 1.165) is 0 Å². The molecule has 0 saturated heterocycles. The summed E-state index contributed by atoms with van der Waals surface area (Å²) in [4.78, 5) is 3.77. The Morgan fingerprint density at radius 3 is 2.35 bits per heavy atom. The van der Waals surface area contributed by atoms with Crippen molar-refractivity contribution in [1.29, 1.82) is 0 Å². The molecule has 1 aromatic heterocycles. The van der Waals surface area contributed by atoms with Crippen LogP contribution in [0.15, 0.2) is 65.7 Å². The molecule has 3 aromatic rings. The molecule has 4 rings (SSSR count). The summed E-state index contributed by atoms with van der Waals surface area (Å²) in [6.45, 7) is 6.72. The molecule has 0 bridgehead atoms. The lowest BCUT2D eigenvalue weighted by atomic mass is 10.0. The number of benzene rings is 2. The van der Waals surface area contributed by atoms with Crippen molar-refractivity contribution in [3.63, 3.8) is 0 Å². The van der Waals surface area contributed by atoms with E-state index in [1.54, 1.807) is 0 Å². The number of fused-ring (bicyclic) bond motifs is 2. The van der Waals surface area contributed by atoms with Gasteiger partial charge in [-0.3, -0.25) is 3.97 Å². The maximum Gasteiger partial charge on any atom is 0.132 e. The van der Waals surface area contributed by atoms with E-state index in [4.69, 9.17) is 0 Å². The minimum Gasteiger partial charge on any atom is -0.323 e. The van der Waals surface area contributed by atoms with E-state index in [-0.39, 0.29) is 0 Å². The van der Waals surface area contributed by atoms with E-state index in [9.17, 15) is 0 Å². The Morgan fingerprint density at radius 1 is 0.913 bits per heavy atom. The predicted molar refractivity (Wildman–Crippen MR) is 99.6 cm³/mol. The Labute approximate surface area is 141 Å². The van der Waals surface area contributed by atoms with Crippen LogP contribution in [0.4, 0.5) is 11.5 Å². The molecular formula is C20H20N2S. The highest BCUT2D eigenvalue weighted by atomic mass is 32.2. The molecule has 0 spiro atoms. The van der Waals surface area contributed by atoms with Gasteiger partial charge in [-0.2, -0.15) is 0 Å². The van der Waals surface area contributed by atoms with Crippen LogP contribution >= 0.6 is 11.9 Å². The standard InChI is InChI=1S/C20H20N2S/c1-14(2)22-17-11-7-8-12-18(17)23-21-13-15(3)19(20(21)22)16-9-5-4-6-10-16/h4-14H,1-3H3. The van der Waals surface area contributed by atoms with E-state index in [0.29, 0.717) is 6.04 Å². The lowest BCUT2D eigenvalue weighted by molar-refractivity contribution is 0.765. The summed E-state index contributed by atoms with van der Waals surface area (Å²) in [7, 11) is 0. The smallest absolute Gasteiger partial charge is 0.132 e. The van der Waals surface area contributed by atoms with Gasteiger partial charge in [-0.15, -0.1) is 0 Å². The van der Waals surface area contributed by atoms with Crippen molar-refractivity contribution in [3.05, 3.63) is 66.4 Å². The molecule has 1 aliphatic heterocycles. The monoisotopic (exact) mass is 320 g/mol. The van der Waals surface area contributed by atoms with Crippen molar-refractivity contribution >= 4 is 23.5 Å². The Bertz CT molecular complexity index is 849. The van der Waals surface area contributed by atoms with Crippen molar-refractivity contribution in [1.82, 2.24) is 3.97 Å². The number of aryl methyl sites for hydroxylation is 1. The van der Waals surface area contributed by atoms with Crippen molar-refractivity contribution in [3.8, 4) is 11.1 Å². The first-order valence-corrected chi connectivity index (χ1v) is 8.78. The van der Waals surface area contributed by atoms with Gasteiger partial charge >= 0.3 is 0 Å². The molecule has 0 saturated carbocycles. The van der Waals surface area contributed by atoms with Crippen LogP contribution in [0.25, 0.3) is 11.1 Å². The molecule has 0 fully saturated rings. The largest absolute Gasteiger partial charge is 0.323 e. The molecule has 1 aliphatic rings. The summed E-state index contributed by atoms with van der Waals surface area (Å²) in [5.41, 5.74) is 5.23. The van der Waals surface area contributed by atoms with Crippen LogP contribution in [-0.4, -0.2) is 10.0 Å². The molecule has 2 heterocycles. The first-order chi connectivity index (χ1) is 11.2. The van der Waals surface area contributed by atoms with Crippen LogP contribution in [-0.2, 0) is 0 Å². The summed E-state index contributed by atoms with van der Waals surface area (Å²) < 4.78 is 2.32. The summed E-state index contributed by atoms with van der Waals surface area (Å²) >= 11 is 1.81. The fourth-order valence-corrected chi connectivity index (χ4v) is 4.41. The Hall–Kier alpha value is -2.13. The van der Waals surface area contributed by atoms with Crippen LogP contribution in [0.1, 0.15) is 19.4 Å². The molecule has 0 N–H and O–H groups in total. The highest BCUT2D eigenvalue weighted by Gasteiger charge is 2.29. The van der Waals surface area contributed by atoms with Crippen molar-refractivity contribution in [2.75, 3.05) is 4.90 Å². The Kier molecular flexibility index (Phi) is 3.46. The van der Waals surface area contributed by atoms with E-state index < -0.39 is 0 Å². The summed E-state index contributed by atoms with van der Waals surface area (Å²) in [6, 6.07) is 19.8. The van der Waals surface area contributed by atoms with Crippen LogP contribution in [0, 0.1) is 6.92 Å². The van der Waals surface area contributed by atoms with Crippen molar-refractivity contribution in [2.45, 2.75) is 31.7 Å². The number of aromatic nitrogens is 1. The van der Waals surface area contributed by atoms with Gasteiger partial charge < -0.3 is 4.90 Å². The van der Waals surface area contributed by atoms with Gasteiger partial charge in [-0.1, -0.05) is 42.5 Å². The van der Waals surface area contributed by atoms with E-state index >= 15 is 0 Å². The SMILES string of the molecule is Cc1cn2c(c1-c1ccccc1)N(C(C)C)c1ccccc1S2. The van der Waals surface area contributed by atoms with Gasteiger partial charge in [0.05, 0.1) is 10.6 Å². The first kappa shape index (κ1) is 14.5. The molecule has 0 unspecified atom stereocenters. The second-order valence-electron chi connectivity index (χ2n) is 6.23. The maximum absolute atomic E-state index is 2.46. The van der Waals surface area contributed by atoms with E-state index in [1.807, 2.05) is 11.9 Å². The van der Waals surface area contributed by atoms with E-state index in [2.05, 4.69) is 90.4 Å². The first-order valence-electron chi connectivity index (χ1n) is 8.01. The molecule has 0 aliphatic carbocycles. The number of rotatable bonds is 2. The molecule has 2 nitrogen and oxygen atoms in total. The second kappa shape index (κ2) is 5.50. The molecular weight excluding hydrogens is 300 g/mol. The average Bonchev–Trinajstić information content (AvgIpc) is 2.88. The third-order valence-electron chi connectivity index (χ3n) is 4.27. The molecule has 0 amide bonds. The molecule has 2 aromatic carbocycles. The summed E-state index contributed by atoms with van der Waals surface area (Å²) in [5, 5.41) is 0. The van der Waals surface area contributed by atoms with Gasteiger partial charge in [0.25, 0.3) is 0 Å². The Morgan fingerprint density at radius 2 is 1.61 bits per heavy atom. The number of anilines is 2. The normalized spacial score (nSPS) is 13.1. The third-order valence-corrected chi connectivity index (χ3v) is 5.28. The zero-order valence-corrected chi connectivity index (χ0v) is 14.5. The van der Waals surface area contributed by atoms with Gasteiger partial charge in [-0.25, -0.2) is 0 Å². The van der Waals surface area contributed by atoms with Crippen LogP contribution in [0.2, 0.25) is 0 Å². The predicted octanol–water partition coefficient (Wildman–Crippen LogP) is 5.88. The van der Waals surface area contributed by atoms with Crippen LogP contribution < -0.4 is 4.90 Å². The zero-order valence-electron chi connectivity index (χ0n) is 13.7. The number of para-hydroxylation sites is 1. The molecule has 0 radical (unpaired) electrons. The number of hydrogen-bond donors (Lipinski definition) is 0. The lowest BCUT2D eigenvalue weighted by Crippen LogP contribution is -2.29. The van der Waals surface area contributed by atoms with Gasteiger partial charge in [0, 0.05) is 17.8 Å². The quantitative estimate of drug-likeness (QED) is 0.582. The average molecular weight is 320 g/mol. The minimum atomic E-state index is 0.396. The van der Waals surface area contributed by atoms with Crippen molar-refractivity contribution < 1.29 is 0 Å². The lowest BCUT2D eigenvalue weighted by Gasteiger charge is -2.36. The highest BCUT2D eigenvalue weighted by Crippen LogP contribution is 2.49. The third kappa shape index (κ3) is 2.27. The fourth-order valence-electron chi connectivity index (χ4n) is 3.32.